The molecule has 2 N–H and O–H groups in total. The smallest absolute Gasteiger partial charge is 0.222 e. The molecule has 5 heteroatoms. The lowest BCUT2D eigenvalue weighted by molar-refractivity contribution is 0.589. The molecule has 62 valence electrons. The summed E-state index contributed by atoms with van der Waals surface area (Å²) in [6.07, 6.45) is 2.46. The molecule has 0 rings (SSSR count). The highest BCUT2D eigenvalue weighted by molar-refractivity contribution is 9.11. The Morgan fingerprint density at radius 2 is 2.10 bits per heavy atom. The fourth-order valence-corrected chi connectivity index (χ4v) is 1.35. The molecule has 3 nitrogen and oxygen atoms in total. The van der Waals surface area contributed by atoms with Gasteiger partial charge >= 0.3 is 0 Å². The predicted molar refractivity (Wildman–Crippen MR) is 45.3 cm³/mol. The lowest BCUT2D eigenvalue weighted by atomic mass is 10.3. The van der Waals surface area contributed by atoms with Crippen LogP contribution >= 0.6 is 15.9 Å². The fourth-order valence-electron chi connectivity index (χ4n) is 0.529. The molecule has 0 heterocycles. The zero-order valence-electron chi connectivity index (χ0n) is 5.88. The Morgan fingerprint density at radius 3 is 2.40 bits per heavy atom. The Balaban J connectivity index is 3.75. The van der Waals surface area contributed by atoms with Gasteiger partial charge in [0.2, 0.25) is 10.0 Å². The standard InChI is InChI=1S/C5H12BrNO2S/c1-2-3-4-5(6)10(7,8)9/h5H,2-4H2,1H3,(H2,7,8,9). The van der Waals surface area contributed by atoms with Crippen molar-refractivity contribution in [3.05, 3.63) is 0 Å². The van der Waals surface area contributed by atoms with Crippen LogP contribution in [0, 0.1) is 0 Å². The van der Waals surface area contributed by atoms with Crippen LogP contribution in [0.25, 0.3) is 0 Å². The van der Waals surface area contributed by atoms with Gasteiger partial charge in [0.15, 0.2) is 0 Å². The van der Waals surface area contributed by atoms with Gasteiger partial charge in [0.1, 0.15) is 4.16 Å². The van der Waals surface area contributed by atoms with Crippen molar-refractivity contribution in [1.29, 1.82) is 0 Å². The molecule has 0 spiro atoms. The minimum atomic E-state index is -3.36. The highest BCUT2D eigenvalue weighted by Crippen LogP contribution is 2.13. The van der Waals surface area contributed by atoms with E-state index in [4.69, 9.17) is 5.14 Å². The van der Waals surface area contributed by atoms with Gasteiger partial charge in [-0.1, -0.05) is 35.7 Å². The number of nitrogens with two attached hydrogens (primary N) is 1. The number of sulfonamides is 1. The van der Waals surface area contributed by atoms with Gasteiger partial charge in [-0.15, -0.1) is 0 Å². The van der Waals surface area contributed by atoms with E-state index in [1.165, 1.54) is 0 Å². The largest absolute Gasteiger partial charge is 0.228 e. The summed E-state index contributed by atoms with van der Waals surface area (Å²) in [4.78, 5) is 0. The minimum absolute atomic E-state index is 0.569. The topological polar surface area (TPSA) is 60.2 Å². The van der Waals surface area contributed by atoms with Crippen LogP contribution in [0.15, 0.2) is 0 Å². The fraction of sp³-hybridized carbons (Fsp3) is 1.00. The zero-order chi connectivity index (χ0) is 8.20. The Labute approximate surface area is 70.2 Å². The molecule has 0 aliphatic carbocycles. The molecule has 0 fully saturated rings. The Kier molecular flexibility index (Phi) is 4.47. The molecule has 0 aliphatic rings. The van der Waals surface area contributed by atoms with Gasteiger partial charge in [-0.25, -0.2) is 13.6 Å². The monoisotopic (exact) mass is 229 g/mol. The normalized spacial score (nSPS) is 15.1. The van der Waals surface area contributed by atoms with E-state index < -0.39 is 14.2 Å². The lowest BCUT2D eigenvalue weighted by Gasteiger charge is -2.04. The van der Waals surface area contributed by atoms with E-state index in [-0.39, 0.29) is 0 Å². The van der Waals surface area contributed by atoms with Gasteiger partial charge in [-0.05, 0) is 6.42 Å². The molecule has 1 unspecified atom stereocenters. The summed E-state index contributed by atoms with van der Waals surface area (Å²) in [5, 5.41) is 4.85. The SMILES string of the molecule is CCCCC(Br)S(N)(=O)=O. The van der Waals surface area contributed by atoms with E-state index >= 15 is 0 Å². The van der Waals surface area contributed by atoms with Crippen molar-refractivity contribution < 1.29 is 8.42 Å². The molecule has 0 radical (unpaired) electrons. The molecule has 0 bridgehead atoms. The van der Waals surface area contributed by atoms with Gasteiger partial charge in [-0.3, -0.25) is 0 Å². The van der Waals surface area contributed by atoms with Crippen molar-refractivity contribution in [2.24, 2.45) is 5.14 Å². The van der Waals surface area contributed by atoms with Crippen molar-refractivity contribution >= 4 is 26.0 Å². The first kappa shape index (κ1) is 10.4. The van der Waals surface area contributed by atoms with Gasteiger partial charge in [0.25, 0.3) is 0 Å². The van der Waals surface area contributed by atoms with Crippen LogP contribution in [-0.2, 0) is 10.0 Å². The highest BCUT2D eigenvalue weighted by atomic mass is 79.9. The molecular weight excluding hydrogens is 218 g/mol. The summed E-state index contributed by atoms with van der Waals surface area (Å²) in [6.45, 7) is 2.00. The summed E-state index contributed by atoms with van der Waals surface area (Å²) in [5.74, 6) is 0. The number of unbranched alkanes of at least 4 members (excludes halogenated alkanes) is 1. The number of alkyl halides is 1. The molecule has 0 aromatic rings. The van der Waals surface area contributed by atoms with Crippen LogP contribution in [0.4, 0.5) is 0 Å². The van der Waals surface area contributed by atoms with E-state index in [2.05, 4.69) is 15.9 Å². The summed E-state index contributed by atoms with van der Waals surface area (Å²) in [6, 6.07) is 0. The Morgan fingerprint density at radius 1 is 1.60 bits per heavy atom. The van der Waals surface area contributed by atoms with Crippen LogP contribution in [0.3, 0.4) is 0 Å². The third kappa shape index (κ3) is 4.24. The molecule has 0 amide bonds. The number of halogens is 1. The Bertz CT molecular complexity index is 178. The maximum absolute atomic E-state index is 10.6. The van der Waals surface area contributed by atoms with Crippen LogP contribution in [0.2, 0.25) is 0 Å². The molecule has 0 saturated carbocycles. The van der Waals surface area contributed by atoms with Gasteiger partial charge in [0.05, 0.1) is 0 Å². The molecule has 0 aromatic heterocycles. The number of hydrogen-bond acceptors (Lipinski definition) is 2. The molecule has 10 heavy (non-hydrogen) atoms. The molecule has 0 aliphatic heterocycles. The average Bonchev–Trinajstić information content (AvgIpc) is 1.80. The van der Waals surface area contributed by atoms with Crippen molar-refractivity contribution in [2.75, 3.05) is 0 Å². The van der Waals surface area contributed by atoms with E-state index in [9.17, 15) is 8.42 Å². The van der Waals surface area contributed by atoms with Gasteiger partial charge in [-0.2, -0.15) is 0 Å². The first-order valence-corrected chi connectivity index (χ1v) is 5.66. The third-order valence-corrected chi connectivity index (χ3v) is 4.11. The van der Waals surface area contributed by atoms with E-state index in [1.807, 2.05) is 6.92 Å². The van der Waals surface area contributed by atoms with Crippen LogP contribution in [0.1, 0.15) is 26.2 Å². The molecule has 0 aromatic carbocycles. The predicted octanol–water partition coefficient (Wildman–Crippen LogP) is 1.19. The van der Waals surface area contributed by atoms with E-state index in [0.717, 1.165) is 12.8 Å². The number of rotatable bonds is 4. The Hall–Kier alpha value is 0.390. The highest BCUT2D eigenvalue weighted by Gasteiger charge is 2.15. The minimum Gasteiger partial charge on any atom is -0.228 e. The third-order valence-electron chi connectivity index (χ3n) is 1.14. The summed E-state index contributed by atoms with van der Waals surface area (Å²) < 4.78 is 20.6. The zero-order valence-corrected chi connectivity index (χ0v) is 8.28. The van der Waals surface area contributed by atoms with Crippen molar-refractivity contribution in [2.45, 2.75) is 30.3 Å². The van der Waals surface area contributed by atoms with Crippen molar-refractivity contribution in [1.82, 2.24) is 0 Å². The van der Waals surface area contributed by atoms with E-state index in [1.54, 1.807) is 0 Å². The van der Waals surface area contributed by atoms with Gasteiger partial charge < -0.3 is 0 Å². The van der Waals surface area contributed by atoms with Crippen molar-refractivity contribution in [3.8, 4) is 0 Å². The van der Waals surface area contributed by atoms with Gasteiger partial charge in [0, 0.05) is 0 Å². The maximum atomic E-state index is 10.6. The summed E-state index contributed by atoms with van der Waals surface area (Å²) in [7, 11) is -3.36. The number of primary sulfonamides is 1. The molecular formula is C5H12BrNO2S. The van der Waals surface area contributed by atoms with Crippen molar-refractivity contribution in [3.63, 3.8) is 0 Å². The second-order valence-electron chi connectivity index (χ2n) is 2.14. The van der Waals surface area contributed by atoms with E-state index in [0.29, 0.717) is 6.42 Å². The summed E-state index contributed by atoms with van der Waals surface area (Å²) >= 11 is 2.99. The van der Waals surface area contributed by atoms with Crippen LogP contribution in [0.5, 0.6) is 0 Å². The maximum Gasteiger partial charge on any atom is 0.222 e. The second kappa shape index (κ2) is 4.31. The first-order chi connectivity index (χ1) is 4.48. The summed E-state index contributed by atoms with van der Waals surface area (Å²) in [5.41, 5.74) is 0. The first-order valence-electron chi connectivity index (χ1n) is 3.14. The molecule has 0 saturated heterocycles. The number of hydrogen-bond donors (Lipinski definition) is 1. The lowest BCUT2D eigenvalue weighted by Crippen LogP contribution is -2.23. The average molecular weight is 230 g/mol. The van der Waals surface area contributed by atoms with Crippen LogP contribution in [-0.4, -0.2) is 12.6 Å². The van der Waals surface area contributed by atoms with Crippen LogP contribution < -0.4 is 5.14 Å². The quantitative estimate of drug-likeness (QED) is 0.737. The second-order valence-corrected chi connectivity index (χ2v) is 5.60. The molecule has 1 atom stereocenters.